The lowest BCUT2D eigenvalue weighted by Gasteiger charge is -2.26. The van der Waals surface area contributed by atoms with Gasteiger partial charge in [0.1, 0.15) is 5.75 Å². The quantitative estimate of drug-likeness (QED) is 0.879. The van der Waals surface area contributed by atoms with Gasteiger partial charge >= 0.3 is 0 Å². The monoisotopic (exact) mass is 317 g/mol. The van der Waals surface area contributed by atoms with Gasteiger partial charge in [-0.3, -0.25) is 9.59 Å². The summed E-state index contributed by atoms with van der Waals surface area (Å²) in [5, 5.41) is 4.05. The summed E-state index contributed by atoms with van der Waals surface area (Å²) in [6.45, 7) is 2.42. The zero-order valence-corrected chi connectivity index (χ0v) is 12.8. The minimum Gasteiger partial charge on any atom is -0.484 e. The number of carbonyl (C=O) groups excluding carboxylic acids is 2. The second-order valence-corrected chi connectivity index (χ2v) is 5.40. The van der Waals surface area contributed by atoms with E-state index in [9.17, 15) is 9.59 Å². The van der Waals surface area contributed by atoms with E-state index in [4.69, 9.17) is 9.47 Å². The molecule has 0 saturated carbocycles. The van der Waals surface area contributed by atoms with E-state index < -0.39 is 0 Å². The van der Waals surface area contributed by atoms with Gasteiger partial charge in [0.05, 0.1) is 18.9 Å². The van der Waals surface area contributed by atoms with Crippen LogP contribution in [0.2, 0.25) is 0 Å². The van der Waals surface area contributed by atoms with Gasteiger partial charge in [-0.2, -0.15) is 5.10 Å². The predicted molar refractivity (Wildman–Crippen MR) is 83.2 cm³/mol. The van der Waals surface area contributed by atoms with Crippen molar-refractivity contribution in [1.29, 1.82) is 0 Å². The van der Waals surface area contributed by atoms with Gasteiger partial charge in [-0.15, -0.1) is 0 Å². The molecule has 1 fully saturated rings. The van der Waals surface area contributed by atoms with Crippen LogP contribution in [-0.4, -0.2) is 55.3 Å². The van der Waals surface area contributed by atoms with Crippen molar-refractivity contribution in [3.63, 3.8) is 0 Å². The van der Waals surface area contributed by atoms with Gasteiger partial charge in [-0.25, -0.2) is 5.43 Å². The lowest BCUT2D eigenvalue weighted by molar-refractivity contribution is -0.137. The van der Waals surface area contributed by atoms with Crippen LogP contribution in [0.4, 0.5) is 0 Å². The van der Waals surface area contributed by atoms with E-state index in [2.05, 4.69) is 10.5 Å². The molecule has 0 aliphatic carbocycles. The highest BCUT2D eigenvalue weighted by Crippen LogP contribution is 2.16. The van der Waals surface area contributed by atoms with E-state index in [0.29, 0.717) is 44.9 Å². The van der Waals surface area contributed by atoms with Crippen LogP contribution >= 0.6 is 0 Å². The summed E-state index contributed by atoms with van der Waals surface area (Å²) in [7, 11) is 0. The zero-order chi connectivity index (χ0) is 16.1. The van der Waals surface area contributed by atoms with Gasteiger partial charge in [-0.05, 0) is 29.8 Å². The topological polar surface area (TPSA) is 80.2 Å². The Labute approximate surface area is 134 Å². The summed E-state index contributed by atoms with van der Waals surface area (Å²) in [5.41, 5.74) is 4.27. The van der Waals surface area contributed by atoms with E-state index in [1.54, 1.807) is 17.0 Å². The first-order valence-corrected chi connectivity index (χ1v) is 7.66. The molecule has 23 heavy (non-hydrogen) atoms. The molecule has 0 aromatic heterocycles. The number of morpholine rings is 1. The predicted octanol–water partition coefficient (Wildman–Crippen LogP) is 0.538. The Morgan fingerprint density at radius 1 is 1.22 bits per heavy atom. The van der Waals surface area contributed by atoms with Crippen LogP contribution in [0.3, 0.4) is 0 Å². The van der Waals surface area contributed by atoms with Gasteiger partial charge in [-0.1, -0.05) is 0 Å². The van der Waals surface area contributed by atoms with Crippen LogP contribution in [0.5, 0.6) is 5.75 Å². The van der Waals surface area contributed by atoms with Crippen molar-refractivity contribution in [1.82, 2.24) is 10.3 Å². The Morgan fingerprint density at radius 2 is 1.96 bits per heavy atom. The molecule has 2 heterocycles. The summed E-state index contributed by atoms with van der Waals surface area (Å²) in [5.74, 6) is 0.544. The summed E-state index contributed by atoms with van der Waals surface area (Å²) in [6, 6.07) is 7.37. The van der Waals surface area contributed by atoms with Gasteiger partial charge in [0.15, 0.2) is 6.61 Å². The third kappa shape index (κ3) is 4.07. The Morgan fingerprint density at radius 3 is 2.61 bits per heavy atom. The third-order valence-electron chi connectivity index (χ3n) is 3.82. The molecule has 0 unspecified atom stereocenters. The summed E-state index contributed by atoms with van der Waals surface area (Å²) in [6.07, 6.45) is 1.08. The van der Waals surface area contributed by atoms with Crippen LogP contribution in [0, 0.1) is 0 Å². The highest BCUT2D eigenvalue weighted by molar-refractivity contribution is 6.04. The number of carbonyl (C=O) groups is 2. The van der Waals surface area contributed by atoms with Gasteiger partial charge in [0.2, 0.25) is 5.91 Å². The number of benzene rings is 1. The van der Waals surface area contributed by atoms with Crippen molar-refractivity contribution in [2.24, 2.45) is 5.10 Å². The van der Waals surface area contributed by atoms with Gasteiger partial charge in [0.25, 0.3) is 5.91 Å². The first kappa shape index (κ1) is 15.5. The molecule has 0 spiro atoms. The van der Waals surface area contributed by atoms with Crippen molar-refractivity contribution in [3.8, 4) is 5.75 Å². The average molecular weight is 317 g/mol. The molecular formula is C16H19N3O4. The number of rotatable bonds is 4. The van der Waals surface area contributed by atoms with Crippen molar-refractivity contribution in [3.05, 3.63) is 29.8 Å². The minimum absolute atomic E-state index is 0.0242. The number of ether oxygens (including phenoxy) is 2. The third-order valence-corrected chi connectivity index (χ3v) is 3.82. The second-order valence-electron chi connectivity index (χ2n) is 5.40. The molecule has 2 amide bonds. The van der Waals surface area contributed by atoms with Crippen molar-refractivity contribution < 1.29 is 19.1 Å². The number of nitrogens with one attached hydrogen (secondary N) is 1. The average Bonchev–Trinajstić information content (AvgIpc) is 2.61. The van der Waals surface area contributed by atoms with Crippen LogP contribution < -0.4 is 10.2 Å². The molecule has 0 bridgehead atoms. The SMILES string of the molecule is O=C1CCC(c2ccc(OCC(=O)N3CCOCC3)cc2)=NN1. The Hall–Kier alpha value is -2.41. The Bertz CT molecular complexity index is 606. The van der Waals surface area contributed by atoms with E-state index in [1.807, 2.05) is 12.1 Å². The smallest absolute Gasteiger partial charge is 0.260 e. The Kier molecular flexibility index (Phi) is 4.87. The molecule has 1 saturated heterocycles. The number of amides is 2. The molecule has 0 radical (unpaired) electrons. The lowest BCUT2D eigenvalue weighted by Crippen LogP contribution is -2.42. The molecule has 7 nitrogen and oxygen atoms in total. The van der Waals surface area contributed by atoms with Crippen LogP contribution in [0.25, 0.3) is 0 Å². The van der Waals surface area contributed by atoms with E-state index in [1.165, 1.54) is 0 Å². The molecule has 2 aliphatic heterocycles. The number of nitrogens with zero attached hydrogens (tertiary/aromatic N) is 2. The summed E-state index contributed by atoms with van der Waals surface area (Å²) < 4.78 is 10.8. The number of hydrazone groups is 1. The van der Waals surface area contributed by atoms with Crippen LogP contribution in [0.15, 0.2) is 29.4 Å². The largest absolute Gasteiger partial charge is 0.484 e. The second kappa shape index (κ2) is 7.23. The molecule has 0 atom stereocenters. The lowest BCUT2D eigenvalue weighted by atomic mass is 10.0. The fourth-order valence-electron chi connectivity index (χ4n) is 2.48. The maximum absolute atomic E-state index is 12.0. The zero-order valence-electron chi connectivity index (χ0n) is 12.8. The van der Waals surface area contributed by atoms with Crippen molar-refractivity contribution in [2.45, 2.75) is 12.8 Å². The van der Waals surface area contributed by atoms with Crippen LogP contribution in [-0.2, 0) is 14.3 Å². The normalized spacial score (nSPS) is 18.2. The molecule has 1 aromatic rings. The number of hydrogen-bond acceptors (Lipinski definition) is 5. The summed E-state index contributed by atoms with van der Waals surface area (Å²) in [4.78, 5) is 24.8. The summed E-state index contributed by atoms with van der Waals surface area (Å²) >= 11 is 0. The molecule has 3 rings (SSSR count). The fraction of sp³-hybridized carbons (Fsp3) is 0.438. The maximum atomic E-state index is 12.0. The van der Waals surface area contributed by atoms with E-state index in [0.717, 1.165) is 11.3 Å². The van der Waals surface area contributed by atoms with Crippen molar-refractivity contribution in [2.75, 3.05) is 32.9 Å². The molecule has 7 heteroatoms. The highest BCUT2D eigenvalue weighted by Gasteiger charge is 2.17. The van der Waals surface area contributed by atoms with Crippen LogP contribution in [0.1, 0.15) is 18.4 Å². The highest BCUT2D eigenvalue weighted by atomic mass is 16.5. The number of hydrogen-bond donors (Lipinski definition) is 1. The van der Waals surface area contributed by atoms with E-state index in [-0.39, 0.29) is 18.4 Å². The molecule has 2 aliphatic rings. The first-order chi connectivity index (χ1) is 11.2. The van der Waals surface area contributed by atoms with Crippen molar-refractivity contribution >= 4 is 17.5 Å². The fourth-order valence-corrected chi connectivity index (χ4v) is 2.48. The van der Waals surface area contributed by atoms with Gasteiger partial charge in [0, 0.05) is 25.9 Å². The molecule has 122 valence electrons. The minimum atomic E-state index is -0.0599. The molecule has 1 aromatic carbocycles. The molecule has 1 N–H and O–H groups in total. The molecular weight excluding hydrogens is 298 g/mol. The van der Waals surface area contributed by atoms with Gasteiger partial charge < -0.3 is 14.4 Å². The first-order valence-electron chi connectivity index (χ1n) is 7.66. The van der Waals surface area contributed by atoms with E-state index >= 15 is 0 Å². The standard InChI is InChI=1S/C16H19N3O4/c20-15-6-5-14(17-18-15)12-1-3-13(4-2-12)23-11-16(21)19-7-9-22-10-8-19/h1-4H,5-11H2,(H,18,20). The Balaban J connectivity index is 1.53. The maximum Gasteiger partial charge on any atom is 0.260 e.